The van der Waals surface area contributed by atoms with Crippen LogP contribution in [0.4, 0.5) is 11.4 Å². The minimum Gasteiger partial charge on any atom is -0.457 e. The molecule has 0 spiro atoms. The first-order valence-corrected chi connectivity index (χ1v) is 12.2. The molecule has 0 saturated carbocycles. The number of anilines is 2. The Bertz CT molecular complexity index is 1340. The second-order valence-electron chi connectivity index (χ2n) is 9.23. The van der Waals surface area contributed by atoms with Crippen LogP contribution < -0.4 is 14.5 Å². The Labute approximate surface area is 217 Å². The van der Waals surface area contributed by atoms with Crippen LogP contribution in [0.15, 0.2) is 110 Å². The molecule has 0 N–H and O–H groups in total. The van der Waals surface area contributed by atoms with Crippen LogP contribution in [0.1, 0.15) is 11.1 Å². The van der Waals surface area contributed by atoms with E-state index in [-0.39, 0.29) is 0 Å². The van der Waals surface area contributed by atoms with Crippen LogP contribution in [-0.2, 0) is 0 Å². The molecule has 2 aliphatic rings. The smallest absolute Gasteiger partial charge is 0.129 e. The monoisotopic (exact) mass is 488 g/mol. The van der Waals surface area contributed by atoms with Crippen LogP contribution in [0.5, 0.6) is 11.5 Å². The Kier molecular flexibility index (Phi) is 5.94. The number of ether oxygens (including phenoxy) is 1. The highest BCUT2D eigenvalue weighted by atomic mass is 16.5. The molecule has 7 heteroatoms. The van der Waals surface area contributed by atoms with Gasteiger partial charge in [0.2, 0.25) is 0 Å². The van der Waals surface area contributed by atoms with Crippen molar-refractivity contribution in [3.63, 3.8) is 0 Å². The van der Waals surface area contributed by atoms with E-state index >= 15 is 0 Å². The Morgan fingerprint density at radius 2 is 1.11 bits per heavy atom. The van der Waals surface area contributed by atoms with Gasteiger partial charge in [0, 0.05) is 85.9 Å². The molecule has 2 aromatic carbocycles. The van der Waals surface area contributed by atoms with Gasteiger partial charge < -0.3 is 24.3 Å². The van der Waals surface area contributed by atoms with Crippen molar-refractivity contribution in [2.45, 2.75) is 0 Å². The predicted molar refractivity (Wildman–Crippen MR) is 148 cm³/mol. The van der Waals surface area contributed by atoms with E-state index in [0.717, 1.165) is 58.7 Å². The minimum atomic E-state index is 0.761. The van der Waals surface area contributed by atoms with Gasteiger partial charge in [-0.3, -0.25) is 9.97 Å². The van der Waals surface area contributed by atoms with Crippen molar-refractivity contribution in [1.29, 1.82) is 0 Å². The molecule has 0 fully saturated rings. The third-order valence-electron chi connectivity index (χ3n) is 6.56. The third-order valence-corrected chi connectivity index (χ3v) is 6.56. The lowest BCUT2D eigenvalue weighted by Gasteiger charge is -2.21. The fourth-order valence-corrected chi connectivity index (χ4v) is 4.70. The molecule has 0 amide bonds. The van der Waals surface area contributed by atoms with Crippen LogP contribution in [0, 0.1) is 0 Å². The molecule has 0 bridgehead atoms. The van der Waals surface area contributed by atoms with E-state index in [2.05, 4.69) is 92.5 Å². The summed E-state index contributed by atoms with van der Waals surface area (Å²) in [6, 6.07) is 24.5. The van der Waals surface area contributed by atoms with Gasteiger partial charge in [-0.05, 0) is 48.5 Å². The van der Waals surface area contributed by atoms with E-state index in [1.807, 2.05) is 48.8 Å². The standard InChI is InChI=1S/C30H28N6O/c1-33-21-35(19-29(33)23-7-5-13-31-17-23)25-9-3-11-27(15-25)37-28-12-4-10-26(16-28)36-20-30(34(2)22-36)24-8-6-14-32-18-24/h3-20H,21-22H2,1-2H3. The van der Waals surface area contributed by atoms with Gasteiger partial charge in [-0.2, -0.15) is 0 Å². The van der Waals surface area contributed by atoms with E-state index < -0.39 is 0 Å². The van der Waals surface area contributed by atoms with E-state index in [1.54, 1.807) is 12.4 Å². The lowest BCUT2D eigenvalue weighted by atomic mass is 10.2. The first-order chi connectivity index (χ1) is 18.1. The van der Waals surface area contributed by atoms with Crippen LogP contribution in [0.3, 0.4) is 0 Å². The number of hydrogen-bond acceptors (Lipinski definition) is 7. The number of nitrogens with zero attached hydrogens (tertiary/aromatic N) is 6. The van der Waals surface area contributed by atoms with E-state index in [9.17, 15) is 0 Å². The van der Waals surface area contributed by atoms with Crippen LogP contribution >= 0.6 is 0 Å². The van der Waals surface area contributed by atoms with Crippen molar-refractivity contribution >= 4 is 22.8 Å². The minimum absolute atomic E-state index is 0.761. The molecule has 7 nitrogen and oxygen atoms in total. The van der Waals surface area contributed by atoms with Gasteiger partial charge in [0.15, 0.2) is 0 Å². The van der Waals surface area contributed by atoms with Gasteiger partial charge in [-0.1, -0.05) is 12.1 Å². The molecule has 6 rings (SSSR count). The molecule has 0 unspecified atom stereocenters. The largest absolute Gasteiger partial charge is 0.457 e. The SMILES string of the molecule is CN1CN(c2cccc(Oc3cccc(N4C=C(c5cccnc5)N(C)C4)c3)c2)C=C1c1cccnc1. The van der Waals surface area contributed by atoms with Crippen LogP contribution in [0.2, 0.25) is 0 Å². The summed E-state index contributed by atoms with van der Waals surface area (Å²) in [5.41, 5.74) is 6.63. The number of rotatable bonds is 6. The molecule has 4 heterocycles. The first kappa shape index (κ1) is 22.7. The van der Waals surface area contributed by atoms with Gasteiger partial charge in [-0.25, -0.2) is 0 Å². The fourth-order valence-electron chi connectivity index (χ4n) is 4.70. The maximum absolute atomic E-state index is 6.31. The maximum atomic E-state index is 6.31. The fraction of sp³-hybridized carbons (Fsp3) is 0.133. The zero-order chi connectivity index (χ0) is 25.2. The summed E-state index contributed by atoms with van der Waals surface area (Å²) in [7, 11) is 4.18. The molecule has 4 aromatic rings. The molecule has 184 valence electrons. The lowest BCUT2D eigenvalue weighted by molar-refractivity contribution is 0.481. The number of pyridine rings is 2. The van der Waals surface area contributed by atoms with Crippen molar-refractivity contribution in [2.24, 2.45) is 0 Å². The summed E-state index contributed by atoms with van der Waals surface area (Å²) in [5, 5.41) is 0. The molecular weight excluding hydrogens is 460 g/mol. The average Bonchev–Trinajstić information content (AvgIpc) is 3.53. The molecule has 0 atom stereocenters. The Morgan fingerprint density at radius 3 is 1.54 bits per heavy atom. The van der Waals surface area contributed by atoms with E-state index in [1.165, 1.54) is 0 Å². The van der Waals surface area contributed by atoms with Crippen molar-refractivity contribution < 1.29 is 4.74 Å². The molecule has 2 aliphatic heterocycles. The summed E-state index contributed by atoms with van der Waals surface area (Å²) in [6.45, 7) is 1.52. The maximum Gasteiger partial charge on any atom is 0.129 e. The zero-order valence-corrected chi connectivity index (χ0v) is 20.9. The Balaban J connectivity index is 1.20. The number of hydrogen-bond donors (Lipinski definition) is 0. The average molecular weight is 489 g/mol. The van der Waals surface area contributed by atoms with Crippen LogP contribution in [0.25, 0.3) is 11.4 Å². The number of aromatic nitrogens is 2. The Hall–Kier alpha value is -4.78. The first-order valence-electron chi connectivity index (χ1n) is 12.2. The molecule has 0 radical (unpaired) electrons. The highest BCUT2D eigenvalue weighted by Gasteiger charge is 2.22. The van der Waals surface area contributed by atoms with Crippen molar-refractivity contribution in [3.8, 4) is 11.5 Å². The van der Waals surface area contributed by atoms with Gasteiger partial charge in [0.1, 0.15) is 11.5 Å². The van der Waals surface area contributed by atoms with Gasteiger partial charge >= 0.3 is 0 Å². The summed E-state index contributed by atoms with van der Waals surface area (Å²) >= 11 is 0. The highest BCUT2D eigenvalue weighted by molar-refractivity contribution is 5.72. The molecule has 0 saturated heterocycles. The third kappa shape index (κ3) is 4.71. The highest BCUT2D eigenvalue weighted by Crippen LogP contribution is 2.34. The summed E-state index contributed by atoms with van der Waals surface area (Å²) in [6.07, 6.45) is 11.7. The number of benzene rings is 2. The van der Waals surface area contributed by atoms with Gasteiger partial charge in [-0.15, -0.1) is 0 Å². The second kappa shape index (κ2) is 9.70. The molecule has 37 heavy (non-hydrogen) atoms. The van der Waals surface area contributed by atoms with E-state index in [0.29, 0.717) is 0 Å². The Morgan fingerprint density at radius 1 is 0.622 bits per heavy atom. The zero-order valence-electron chi connectivity index (χ0n) is 20.9. The quantitative estimate of drug-likeness (QED) is 0.346. The van der Waals surface area contributed by atoms with Crippen molar-refractivity contribution in [1.82, 2.24) is 19.8 Å². The molecule has 0 aliphatic carbocycles. The van der Waals surface area contributed by atoms with Gasteiger partial charge in [0.25, 0.3) is 0 Å². The van der Waals surface area contributed by atoms with Crippen molar-refractivity contribution in [2.75, 3.05) is 37.2 Å². The molecular formula is C30H28N6O. The second-order valence-corrected chi connectivity index (χ2v) is 9.23. The predicted octanol–water partition coefficient (Wildman–Crippen LogP) is 5.68. The summed E-state index contributed by atoms with van der Waals surface area (Å²) in [4.78, 5) is 17.4. The lowest BCUT2D eigenvalue weighted by Crippen LogP contribution is -2.23. The summed E-state index contributed by atoms with van der Waals surface area (Å²) < 4.78 is 6.31. The molecule has 2 aromatic heterocycles. The normalized spacial score (nSPS) is 15.2. The van der Waals surface area contributed by atoms with Gasteiger partial charge in [0.05, 0.1) is 24.7 Å². The van der Waals surface area contributed by atoms with Crippen LogP contribution in [-0.4, -0.2) is 47.2 Å². The topological polar surface area (TPSA) is 48.0 Å². The van der Waals surface area contributed by atoms with Crippen molar-refractivity contribution in [3.05, 3.63) is 121 Å². The van der Waals surface area contributed by atoms with E-state index in [4.69, 9.17) is 4.74 Å². The summed E-state index contributed by atoms with van der Waals surface area (Å²) in [5.74, 6) is 1.59.